The Morgan fingerprint density at radius 2 is 2.62 bits per heavy atom. The van der Waals surface area contributed by atoms with Crippen molar-refractivity contribution in [1.82, 2.24) is 0 Å². The largest absolute Gasteiger partial charge is 0.464 e. The van der Waals surface area contributed by atoms with Gasteiger partial charge >= 0.3 is 5.97 Å². The number of hydrogen-bond acceptors (Lipinski definition) is 5. The molecule has 0 spiro atoms. The van der Waals surface area contributed by atoms with Gasteiger partial charge in [-0.25, -0.2) is 4.79 Å². The van der Waals surface area contributed by atoms with Crippen LogP contribution in [-0.4, -0.2) is 37.7 Å². The molecule has 0 aromatic heterocycles. The summed E-state index contributed by atoms with van der Waals surface area (Å²) in [6, 6.07) is -0.581. The van der Waals surface area contributed by atoms with E-state index in [1.807, 2.05) is 0 Å². The minimum Gasteiger partial charge on any atom is -0.464 e. The van der Waals surface area contributed by atoms with Gasteiger partial charge in [0.1, 0.15) is 0 Å². The van der Waals surface area contributed by atoms with Crippen LogP contribution in [0.25, 0.3) is 0 Å². The molecule has 0 aliphatic carbocycles. The Kier molecular flexibility index (Phi) is 3.70. The summed E-state index contributed by atoms with van der Waals surface area (Å²) in [5.41, 5.74) is 5.52. The maximum absolute atomic E-state index is 11.2. The second kappa shape index (κ2) is 4.81. The molecule has 0 aromatic carbocycles. The Labute approximate surface area is 76.9 Å². The number of carbonyl (C=O) groups excluding carboxylic acids is 1. The molecule has 2 N–H and O–H groups in total. The Hall–Kier alpha value is -1.10. The fourth-order valence-electron chi connectivity index (χ4n) is 1.03. The highest BCUT2D eigenvalue weighted by atomic mass is 16.5. The van der Waals surface area contributed by atoms with Crippen molar-refractivity contribution < 1.29 is 14.3 Å². The molecule has 0 bridgehead atoms. The van der Waals surface area contributed by atoms with Crippen LogP contribution in [0.5, 0.6) is 0 Å². The van der Waals surface area contributed by atoms with E-state index in [1.54, 1.807) is 6.92 Å². The quantitative estimate of drug-likeness (QED) is 0.600. The van der Waals surface area contributed by atoms with E-state index in [2.05, 4.69) is 4.99 Å². The van der Waals surface area contributed by atoms with E-state index in [1.165, 1.54) is 0 Å². The number of aliphatic imine (C=N–C) groups is 1. The summed E-state index contributed by atoms with van der Waals surface area (Å²) in [6.07, 6.45) is 0.579. The van der Waals surface area contributed by atoms with Crippen molar-refractivity contribution in [2.75, 3.05) is 19.8 Å². The molecule has 1 aliphatic rings. The van der Waals surface area contributed by atoms with Gasteiger partial charge in [0.25, 0.3) is 0 Å². The zero-order chi connectivity index (χ0) is 9.68. The van der Waals surface area contributed by atoms with Gasteiger partial charge in [-0.15, -0.1) is 0 Å². The third kappa shape index (κ3) is 3.02. The summed E-state index contributed by atoms with van der Waals surface area (Å²) in [7, 11) is 0. The fourth-order valence-corrected chi connectivity index (χ4v) is 1.03. The van der Waals surface area contributed by atoms with Crippen LogP contribution < -0.4 is 5.73 Å². The van der Waals surface area contributed by atoms with Crippen molar-refractivity contribution in [3.8, 4) is 0 Å². The lowest BCUT2D eigenvalue weighted by Crippen LogP contribution is -2.27. The third-order valence-corrected chi connectivity index (χ3v) is 1.66. The maximum Gasteiger partial charge on any atom is 0.333 e. The molecule has 5 nitrogen and oxygen atoms in total. The van der Waals surface area contributed by atoms with Crippen LogP contribution in [0.1, 0.15) is 13.3 Å². The standard InChI is InChI=1S/C8H14N2O3/c1-2-13-8(11)6-5-12-4-3-7(9)10-6/h6H,2-5H2,1H3,(H2,9,10). The molecule has 0 saturated carbocycles. The number of carbonyl (C=O) groups is 1. The normalized spacial score (nSPS) is 23.2. The predicted molar refractivity (Wildman–Crippen MR) is 47.5 cm³/mol. The molecule has 0 radical (unpaired) electrons. The lowest BCUT2D eigenvalue weighted by Gasteiger charge is -2.08. The Morgan fingerprint density at radius 1 is 1.85 bits per heavy atom. The van der Waals surface area contributed by atoms with Crippen LogP contribution >= 0.6 is 0 Å². The van der Waals surface area contributed by atoms with E-state index >= 15 is 0 Å². The van der Waals surface area contributed by atoms with Crippen LogP contribution in [0.15, 0.2) is 4.99 Å². The minimum absolute atomic E-state index is 0.263. The van der Waals surface area contributed by atoms with Crippen molar-refractivity contribution in [1.29, 1.82) is 0 Å². The molecular weight excluding hydrogens is 172 g/mol. The van der Waals surface area contributed by atoms with Gasteiger partial charge in [0.2, 0.25) is 0 Å². The van der Waals surface area contributed by atoms with Crippen LogP contribution in [-0.2, 0) is 14.3 Å². The second-order valence-corrected chi connectivity index (χ2v) is 2.71. The lowest BCUT2D eigenvalue weighted by molar-refractivity contribution is -0.145. The highest BCUT2D eigenvalue weighted by molar-refractivity contribution is 5.85. The zero-order valence-electron chi connectivity index (χ0n) is 7.66. The van der Waals surface area contributed by atoms with Crippen LogP contribution in [0.3, 0.4) is 0 Å². The van der Waals surface area contributed by atoms with Gasteiger partial charge in [0.05, 0.1) is 25.7 Å². The highest BCUT2D eigenvalue weighted by Crippen LogP contribution is 2.02. The molecule has 1 heterocycles. The summed E-state index contributed by atoms with van der Waals surface area (Å²) in [5.74, 6) is 0.0860. The van der Waals surface area contributed by atoms with Crippen LogP contribution in [0, 0.1) is 0 Å². The van der Waals surface area contributed by atoms with E-state index in [0.717, 1.165) is 0 Å². The van der Waals surface area contributed by atoms with Gasteiger partial charge in [-0.05, 0) is 6.92 Å². The number of nitrogens with two attached hydrogens (primary N) is 1. The zero-order valence-corrected chi connectivity index (χ0v) is 7.66. The summed E-state index contributed by atoms with van der Waals surface area (Å²) in [5, 5.41) is 0. The van der Waals surface area contributed by atoms with Gasteiger partial charge in [-0.3, -0.25) is 4.99 Å². The molecule has 0 amide bonds. The van der Waals surface area contributed by atoms with Gasteiger partial charge in [0.15, 0.2) is 6.04 Å². The Balaban J connectivity index is 2.56. The number of hydrogen-bond donors (Lipinski definition) is 1. The molecule has 0 aromatic rings. The molecule has 0 fully saturated rings. The van der Waals surface area contributed by atoms with E-state index < -0.39 is 6.04 Å². The number of amidine groups is 1. The minimum atomic E-state index is -0.581. The first-order chi connectivity index (χ1) is 6.24. The average Bonchev–Trinajstić information content (AvgIpc) is 2.30. The SMILES string of the molecule is CCOC(=O)C1COCCC(N)=N1. The first kappa shape index (κ1) is 9.98. The summed E-state index contributed by atoms with van der Waals surface area (Å²) < 4.78 is 9.95. The Bertz CT molecular complexity index is 215. The van der Waals surface area contributed by atoms with Crippen LogP contribution in [0.2, 0.25) is 0 Å². The third-order valence-electron chi connectivity index (χ3n) is 1.66. The van der Waals surface area contributed by atoms with Crippen molar-refractivity contribution in [3.05, 3.63) is 0 Å². The van der Waals surface area contributed by atoms with Crippen LogP contribution in [0.4, 0.5) is 0 Å². The smallest absolute Gasteiger partial charge is 0.333 e. The molecular formula is C8H14N2O3. The van der Waals surface area contributed by atoms with Gasteiger partial charge < -0.3 is 15.2 Å². The Morgan fingerprint density at radius 3 is 3.31 bits per heavy atom. The molecule has 1 unspecified atom stereocenters. The highest BCUT2D eigenvalue weighted by Gasteiger charge is 2.21. The summed E-state index contributed by atoms with van der Waals surface area (Å²) in [6.45, 7) is 2.89. The average molecular weight is 186 g/mol. The lowest BCUT2D eigenvalue weighted by atomic mass is 10.3. The fraction of sp³-hybridized carbons (Fsp3) is 0.750. The summed E-state index contributed by atoms with van der Waals surface area (Å²) >= 11 is 0. The first-order valence-electron chi connectivity index (χ1n) is 4.30. The van der Waals surface area contributed by atoms with Crippen molar-refractivity contribution in [2.24, 2.45) is 10.7 Å². The molecule has 1 rings (SSSR count). The number of ether oxygens (including phenoxy) is 2. The predicted octanol–water partition coefficient (Wildman–Crippen LogP) is -0.304. The van der Waals surface area contributed by atoms with E-state index in [9.17, 15) is 4.79 Å². The van der Waals surface area contributed by atoms with Gasteiger partial charge in [0, 0.05) is 6.42 Å². The second-order valence-electron chi connectivity index (χ2n) is 2.71. The summed E-state index contributed by atoms with van der Waals surface area (Å²) in [4.78, 5) is 15.2. The van der Waals surface area contributed by atoms with Crippen molar-refractivity contribution in [2.45, 2.75) is 19.4 Å². The first-order valence-corrected chi connectivity index (χ1v) is 4.30. The van der Waals surface area contributed by atoms with E-state index in [0.29, 0.717) is 25.5 Å². The molecule has 1 aliphatic heterocycles. The monoisotopic (exact) mass is 186 g/mol. The van der Waals surface area contributed by atoms with Gasteiger partial charge in [-0.1, -0.05) is 0 Å². The maximum atomic E-state index is 11.2. The molecule has 0 saturated heterocycles. The van der Waals surface area contributed by atoms with Crippen molar-refractivity contribution >= 4 is 11.8 Å². The molecule has 1 atom stereocenters. The van der Waals surface area contributed by atoms with E-state index in [-0.39, 0.29) is 12.6 Å². The molecule has 13 heavy (non-hydrogen) atoms. The topological polar surface area (TPSA) is 73.9 Å². The van der Waals surface area contributed by atoms with E-state index in [4.69, 9.17) is 15.2 Å². The number of rotatable bonds is 2. The molecule has 5 heteroatoms. The number of esters is 1. The number of nitrogens with zero attached hydrogens (tertiary/aromatic N) is 1. The van der Waals surface area contributed by atoms with Gasteiger partial charge in [-0.2, -0.15) is 0 Å². The molecule has 74 valence electrons. The van der Waals surface area contributed by atoms with Crippen molar-refractivity contribution in [3.63, 3.8) is 0 Å².